The van der Waals surface area contributed by atoms with Gasteiger partial charge in [-0.25, -0.2) is 0 Å². The summed E-state index contributed by atoms with van der Waals surface area (Å²) in [4.78, 5) is 0. The van der Waals surface area contributed by atoms with Gasteiger partial charge in [0.2, 0.25) is 0 Å². The van der Waals surface area contributed by atoms with Gasteiger partial charge in [0.05, 0.1) is 37.6 Å². The van der Waals surface area contributed by atoms with Crippen LogP contribution in [0.25, 0.3) is 0 Å². The normalized spacial score (nSPS) is 58.4. The van der Waals surface area contributed by atoms with Crippen molar-refractivity contribution < 1.29 is 78.7 Å². The van der Waals surface area contributed by atoms with Crippen LogP contribution in [-0.2, 0) is 37.9 Å². The Balaban J connectivity index is 0.916. The second kappa shape index (κ2) is 16.8. The number of ether oxygens (including phenoxy) is 8. The van der Waals surface area contributed by atoms with E-state index in [4.69, 9.17) is 37.9 Å². The van der Waals surface area contributed by atoms with Crippen LogP contribution in [0.3, 0.4) is 0 Å². The van der Waals surface area contributed by atoms with Crippen molar-refractivity contribution in [1.29, 1.82) is 0 Å². The Labute approximate surface area is 358 Å². The molecule has 16 heteroatoms. The lowest BCUT2D eigenvalue weighted by Gasteiger charge is -2.58. The van der Waals surface area contributed by atoms with Gasteiger partial charge in [0.1, 0.15) is 61.0 Å². The summed E-state index contributed by atoms with van der Waals surface area (Å²) in [5, 5.41) is 85.9. The fraction of sp³-hybridized carbons (Fsp3) is 0.956. The minimum absolute atomic E-state index is 0.0171. The van der Waals surface area contributed by atoms with Crippen LogP contribution in [0.15, 0.2) is 11.6 Å². The van der Waals surface area contributed by atoms with E-state index in [0.29, 0.717) is 48.3 Å². The molecule has 0 aromatic heterocycles. The zero-order valence-electron chi connectivity index (χ0n) is 36.5. The summed E-state index contributed by atoms with van der Waals surface area (Å²) in [6.45, 7) is 12.7. The molecule has 26 atom stereocenters. The standard InChI is InChI=1S/C45H72O16/c1-19-9-14-45(54-18-19)20(2)30-28(61-45)16-27-25-8-7-23-15-24(10-12-43(23,5)26(25)11-13-44(27,30)6)57-42-39(60-41-36(52)34(50)32(48)22(4)56-41)37(53)38(29(17-46)58-42)59-40-35(51)33(49)31(47)21(3)55-40/h7,19-22,24-42,46-53H,8-18H2,1-6H3/t19-,20-,21-,22-,24+,25+,26-,27-,28-,29+,30-,31-,32-,33-,34+,35+,36+,37-,38+,39+,40+,41+,42+,43-,44-,45+/m1/s1. The summed E-state index contributed by atoms with van der Waals surface area (Å²) < 4.78 is 50.1. The van der Waals surface area contributed by atoms with E-state index in [1.807, 2.05) is 0 Å². The first-order chi connectivity index (χ1) is 28.9. The van der Waals surface area contributed by atoms with Gasteiger partial charge >= 0.3 is 0 Å². The molecule has 0 amide bonds. The largest absolute Gasteiger partial charge is 0.394 e. The molecule has 0 aromatic carbocycles. The summed E-state index contributed by atoms with van der Waals surface area (Å²) in [6.07, 6.45) is -10.4. The van der Waals surface area contributed by atoms with Crippen molar-refractivity contribution in [2.45, 2.75) is 209 Å². The van der Waals surface area contributed by atoms with Gasteiger partial charge in [-0.2, -0.15) is 0 Å². The highest BCUT2D eigenvalue weighted by atomic mass is 16.8. The molecule has 5 heterocycles. The molecule has 0 radical (unpaired) electrons. The third-order valence-corrected chi connectivity index (χ3v) is 17.6. The lowest BCUT2D eigenvalue weighted by atomic mass is 9.47. The van der Waals surface area contributed by atoms with Crippen molar-refractivity contribution in [3.63, 3.8) is 0 Å². The van der Waals surface area contributed by atoms with Crippen LogP contribution < -0.4 is 0 Å². The monoisotopic (exact) mass is 868 g/mol. The third kappa shape index (κ3) is 7.42. The molecule has 16 nitrogen and oxygen atoms in total. The second-order valence-electron chi connectivity index (χ2n) is 21.1. The van der Waals surface area contributed by atoms with Gasteiger partial charge in [0.15, 0.2) is 24.7 Å². The average Bonchev–Trinajstić information content (AvgIpc) is 3.69. The highest BCUT2D eigenvalue weighted by Crippen LogP contribution is 2.70. The lowest BCUT2D eigenvalue weighted by molar-refractivity contribution is -0.388. The zero-order valence-corrected chi connectivity index (χ0v) is 36.5. The maximum atomic E-state index is 12.0. The minimum atomic E-state index is -1.71. The van der Waals surface area contributed by atoms with Crippen LogP contribution in [0.5, 0.6) is 0 Å². The summed E-state index contributed by atoms with van der Waals surface area (Å²) >= 11 is 0. The van der Waals surface area contributed by atoms with Crippen LogP contribution in [0.4, 0.5) is 0 Å². The van der Waals surface area contributed by atoms with Gasteiger partial charge in [0.25, 0.3) is 0 Å². The van der Waals surface area contributed by atoms with Crippen molar-refractivity contribution in [3.05, 3.63) is 11.6 Å². The number of hydrogen-bond donors (Lipinski definition) is 8. The topological polar surface area (TPSA) is 236 Å². The zero-order chi connectivity index (χ0) is 43.5. The quantitative estimate of drug-likeness (QED) is 0.168. The van der Waals surface area contributed by atoms with E-state index in [1.165, 1.54) is 25.8 Å². The third-order valence-electron chi connectivity index (χ3n) is 17.6. The second-order valence-corrected chi connectivity index (χ2v) is 21.1. The number of aliphatic hydroxyl groups is 8. The van der Waals surface area contributed by atoms with Crippen LogP contribution in [-0.4, -0.2) is 164 Å². The summed E-state index contributed by atoms with van der Waals surface area (Å²) in [5.74, 6) is 2.64. The first kappa shape index (κ1) is 45.3. The van der Waals surface area contributed by atoms with Crippen LogP contribution >= 0.6 is 0 Å². The minimum Gasteiger partial charge on any atom is -0.394 e. The summed E-state index contributed by atoms with van der Waals surface area (Å²) in [7, 11) is 0. The summed E-state index contributed by atoms with van der Waals surface area (Å²) in [5.41, 5.74) is 1.53. The molecule has 4 aliphatic carbocycles. The SMILES string of the molecule is C[C@@H]1CC[C@]2(OC1)O[C@@H]1C[C@@H]3[C@H]4CC=C5C[C@@H](O[C@H]6O[C@@H](CO)[C@H](O[C@@H]7O[C@H](C)[C@@H](O)[C@@H](O)[C@@H]7O)[C@@H](O)[C@@H]6O[C@@H]6O[C@H](C)[C@@H](O)[C@H](O)[C@@H]6O)CC[C@@]5(C)[C@@H]4CC[C@@]3(C)[C@@H]1[C@H]2C. The molecule has 5 aliphatic heterocycles. The van der Waals surface area contributed by atoms with Crippen LogP contribution in [0.2, 0.25) is 0 Å². The highest BCUT2D eigenvalue weighted by Gasteiger charge is 2.69. The van der Waals surface area contributed by atoms with Gasteiger partial charge < -0.3 is 78.7 Å². The smallest absolute Gasteiger partial charge is 0.187 e. The molecule has 0 aromatic rings. The highest BCUT2D eigenvalue weighted by molar-refractivity contribution is 5.26. The molecular weight excluding hydrogens is 796 g/mol. The van der Waals surface area contributed by atoms with E-state index in [-0.39, 0.29) is 23.0 Å². The fourth-order valence-corrected chi connectivity index (χ4v) is 14.0. The fourth-order valence-electron chi connectivity index (χ4n) is 14.0. The molecule has 1 spiro atoms. The number of rotatable bonds is 7. The van der Waals surface area contributed by atoms with Crippen molar-refractivity contribution in [2.24, 2.45) is 46.3 Å². The Morgan fingerprint density at radius 2 is 1.34 bits per heavy atom. The first-order valence-electron chi connectivity index (χ1n) is 23.2. The number of hydrogen-bond acceptors (Lipinski definition) is 16. The van der Waals surface area contributed by atoms with Gasteiger partial charge in [-0.1, -0.05) is 39.3 Å². The van der Waals surface area contributed by atoms with Gasteiger partial charge in [-0.3, -0.25) is 0 Å². The molecule has 8 fully saturated rings. The van der Waals surface area contributed by atoms with E-state index in [2.05, 4.69) is 33.8 Å². The van der Waals surface area contributed by atoms with E-state index < -0.39 is 105 Å². The molecule has 0 bridgehead atoms. The van der Waals surface area contributed by atoms with Crippen LogP contribution in [0, 0.1) is 46.3 Å². The van der Waals surface area contributed by atoms with Crippen molar-refractivity contribution in [2.75, 3.05) is 13.2 Å². The van der Waals surface area contributed by atoms with E-state index in [9.17, 15) is 40.9 Å². The van der Waals surface area contributed by atoms with Gasteiger partial charge in [0, 0.05) is 12.3 Å². The number of aliphatic hydroxyl groups excluding tert-OH is 8. The molecule has 348 valence electrons. The van der Waals surface area contributed by atoms with E-state index in [1.54, 1.807) is 0 Å². The van der Waals surface area contributed by atoms with Crippen molar-refractivity contribution in [3.8, 4) is 0 Å². The van der Waals surface area contributed by atoms with Crippen LogP contribution in [0.1, 0.15) is 99.3 Å². The molecule has 61 heavy (non-hydrogen) atoms. The maximum Gasteiger partial charge on any atom is 0.187 e. The van der Waals surface area contributed by atoms with Crippen molar-refractivity contribution in [1.82, 2.24) is 0 Å². The molecule has 9 aliphatic rings. The maximum absolute atomic E-state index is 12.0. The molecule has 9 rings (SSSR count). The Morgan fingerprint density at radius 1 is 0.689 bits per heavy atom. The van der Waals surface area contributed by atoms with E-state index in [0.717, 1.165) is 45.1 Å². The average molecular weight is 869 g/mol. The van der Waals surface area contributed by atoms with E-state index >= 15 is 0 Å². The molecular formula is C45H72O16. The number of allylic oxidation sites excluding steroid dienone is 1. The Kier molecular flexibility index (Phi) is 12.4. The molecule has 8 N–H and O–H groups in total. The Morgan fingerprint density at radius 3 is 1.97 bits per heavy atom. The van der Waals surface area contributed by atoms with Gasteiger partial charge in [-0.05, 0) is 106 Å². The van der Waals surface area contributed by atoms with Gasteiger partial charge in [-0.15, -0.1) is 0 Å². The Bertz CT molecular complexity index is 1590. The molecule has 3 saturated carbocycles. The first-order valence-corrected chi connectivity index (χ1v) is 23.2. The van der Waals surface area contributed by atoms with Crippen molar-refractivity contribution >= 4 is 0 Å². The number of fused-ring (bicyclic) bond motifs is 7. The Hall–Kier alpha value is -0.900. The lowest BCUT2D eigenvalue weighted by Crippen LogP contribution is -2.66. The predicted molar refractivity (Wildman–Crippen MR) is 213 cm³/mol. The molecule has 0 unspecified atom stereocenters. The predicted octanol–water partition coefficient (Wildman–Crippen LogP) is 1.24. The molecule has 5 saturated heterocycles. The summed E-state index contributed by atoms with van der Waals surface area (Å²) in [6, 6.07) is 0.